The van der Waals surface area contributed by atoms with Crippen LogP contribution >= 0.6 is 0 Å². The molecule has 0 saturated heterocycles. The van der Waals surface area contributed by atoms with Crippen LogP contribution in [0.4, 0.5) is 43.9 Å². The van der Waals surface area contributed by atoms with E-state index in [2.05, 4.69) is 4.74 Å². The van der Waals surface area contributed by atoms with Gasteiger partial charge in [0.2, 0.25) is 0 Å². The number of halogens is 10. The lowest BCUT2D eigenvalue weighted by Crippen LogP contribution is -2.25. The van der Waals surface area contributed by atoms with Crippen LogP contribution in [0.5, 0.6) is 5.75 Å². The molecule has 0 atom stereocenters. The van der Waals surface area contributed by atoms with Gasteiger partial charge in [-0.15, -0.1) is 0 Å². The summed E-state index contributed by atoms with van der Waals surface area (Å²) in [4.78, 5) is 0. The standard InChI is InChI=1S/C26H12F10O/c1-11-2-3-15(16(27)4-11)12-5-19(30)24(20(31)6-12)26(35,36)37-14-9-17(28)23(18(29)10-14)13-7-21(32)25(34)22(33)8-13/h2-10H,1H3. The maximum absolute atomic E-state index is 14.7. The minimum absolute atomic E-state index is 0.178. The average molecular weight is 530 g/mol. The van der Waals surface area contributed by atoms with Crippen molar-refractivity contribution >= 4 is 0 Å². The lowest BCUT2D eigenvalue weighted by atomic mass is 10.0. The molecule has 0 aliphatic carbocycles. The van der Waals surface area contributed by atoms with Crippen LogP contribution < -0.4 is 4.74 Å². The first kappa shape index (κ1) is 26.1. The Labute approximate surface area is 202 Å². The zero-order chi connectivity index (χ0) is 27.2. The van der Waals surface area contributed by atoms with Gasteiger partial charge in [0.1, 0.15) is 40.4 Å². The van der Waals surface area contributed by atoms with Gasteiger partial charge in [-0.1, -0.05) is 12.1 Å². The zero-order valence-electron chi connectivity index (χ0n) is 18.4. The summed E-state index contributed by atoms with van der Waals surface area (Å²) in [6.45, 7) is 1.56. The lowest BCUT2D eigenvalue weighted by Gasteiger charge is -2.20. The van der Waals surface area contributed by atoms with Crippen molar-refractivity contribution in [1.82, 2.24) is 0 Å². The highest BCUT2D eigenvalue weighted by atomic mass is 19.3. The Morgan fingerprint density at radius 1 is 0.568 bits per heavy atom. The van der Waals surface area contributed by atoms with E-state index in [4.69, 9.17) is 0 Å². The number of alkyl halides is 2. The highest BCUT2D eigenvalue weighted by molar-refractivity contribution is 5.67. The number of hydrogen-bond donors (Lipinski definition) is 0. The van der Waals surface area contributed by atoms with Crippen molar-refractivity contribution in [2.45, 2.75) is 13.0 Å². The van der Waals surface area contributed by atoms with Crippen LogP contribution in [0.2, 0.25) is 0 Å². The third-order valence-electron chi connectivity index (χ3n) is 5.30. The van der Waals surface area contributed by atoms with Crippen LogP contribution in [0, 0.1) is 53.5 Å². The maximum atomic E-state index is 14.7. The molecule has 0 N–H and O–H groups in total. The van der Waals surface area contributed by atoms with E-state index in [0.29, 0.717) is 17.7 Å². The fraction of sp³-hybridized carbons (Fsp3) is 0.0769. The minimum Gasteiger partial charge on any atom is -0.429 e. The molecule has 11 heteroatoms. The minimum atomic E-state index is -4.81. The highest BCUT2D eigenvalue weighted by Crippen LogP contribution is 2.39. The van der Waals surface area contributed by atoms with Crippen molar-refractivity contribution in [3.63, 3.8) is 0 Å². The van der Waals surface area contributed by atoms with E-state index < -0.39 is 80.6 Å². The lowest BCUT2D eigenvalue weighted by molar-refractivity contribution is -0.189. The van der Waals surface area contributed by atoms with Gasteiger partial charge in [-0.05, 0) is 53.9 Å². The van der Waals surface area contributed by atoms with Gasteiger partial charge in [0.25, 0.3) is 0 Å². The van der Waals surface area contributed by atoms with Gasteiger partial charge in [0.05, 0.1) is 5.56 Å². The second-order valence-electron chi connectivity index (χ2n) is 7.93. The summed E-state index contributed by atoms with van der Waals surface area (Å²) >= 11 is 0. The normalized spacial score (nSPS) is 11.6. The second kappa shape index (κ2) is 9.45. The Morgan fingerprint density at radius 2 is 1.08 bits per heavy atom. The predicted octanol–water partition coefficient (Wildman–Crippen LogP) is 8.57. The molecule has 0 saturated carbocycles. The smallest absolute Gasteiger partial charge is 0.429 e. The molecule has 4 aromatic carbocycles. The van der Waals surface area contributed by atoms with E-state index in [0.717, 1.165) is 6.07 Å². The zero-order valence-corrected chi connectivity index (χ0v) is 18.4. The highest BCUT2D eigenvalue weighted by Gasteiger charge is 2.41. The molecule has 0 bridgehead atoms. The maximum Gasteiger partial charge on any atom is 0.432 e. The Kier molecular flexibility index (Phi) is 6.66. The number of hydrogen-bond acceptors (Lipinski definition) is 1. The molecule has 0 heterocycles. The first-order valence-electron chi connectivity index (χ1n) is 10.3. The van der Waals surface area contributed by atoms with Crippen molar-refractivity contribution in [3.8, 4) is 28.0 Å². The molecule has 4 rings (SSSR count). The summed E-state index contributed by atoms with van der Waals surface area (Å²) in [7, 11) is 0. The number of benzene rings is 4. The Morgan fingerprint density at radius 3 is 1.59 bits per heavy atom. The van der Waals surface area contributed by atoms with Crippen molar-refractivity contribution in [3.05, 3.63) is 112 Å². The number of rotatable bonds is 5. The number of ether oxygens (including phenoxy) is 1. The topological polar surface area (TPSA) is 9.23 Å². The van der Waals surface area contributed by atoms with Gasteiger partial charge in [-0.3, -0.25) is 0 Å². The van der Waals surface area contributed by atoms with Crippen LogP contribution in [0.15, 0.2) is 54.6 Å². The van der Waals surface area contributed by atoms with Crippen LogP contribution in [0.25, 0.3) is 22.3 Å². The average Bonchev–Trinajstić information content (AvgIpc) is 2.75. The predicted molar refractivity (Wildman–Crippen MR) is 113 cm³/mol. The molecule has 0 radical (unpaired) electrons. The van der Waals surface area contributed by atoms with Crippen LogP contribution in [0.1, 0.15) is 11.1 Å². The SMILES string of the molecule is Cc1ccc(-c2cc(F)c(C(F)(F)Oc3cc(F)c(-c4cc(F)c(F)c(F)c4)c(F)c3)c(F)c2)c(F)c1. The van der Waals surface area contributed by atoms with Crippen LogP contribution in [0.3, 0.4) is 0 Å². The van der Waals surface area contributed by atoms with Gasteiger partial charge in [0.15, 0.2) is 17.5 Å². The summed E-state index contributed by atoms with van der Waals surface area (Å²) in [6, 6.07) is 5.47. The monoisotopic (exact) mass is 530 g/mol. The Hall–Kier alpha value is -4.02. The first-order chi connectivity index (χ1) is 17.3. The molecule has 37 heavy (non-hydrogen) atoms. The van der Waals surface area contributed by atoms with Crippen molar-refractivity contribution in [2.24, 2.45) is 0 Å². The van der Waals surface area contributed by atoms with Gasteiger partial charge in [-0.2, -0.15) is 8.78 Å². The molecule has 192 valence electrons. The van der Waals surface area contributed by atoms with E-state index in [-0.39, 0.29) is 29.8 Å². The molecule has 1 nitrogen and oxygen atoms in total. The molecule has 0 unspecified atom stereocenters. The van der Waals surface area contributed by atoms with Gasteiger partial charge in [-0.25, -0.2) is 35.1 Å². The molecule has 4 aromatic rings. The van der Waals surface area contributed by atoms with Crippen LogP contribution in [-0.2, 0) is 6.11 Å². The Bertz CT molecular complexity index is 1460. The quantitative estimate of drug-likeness (QED) is 0.186. The molecule has 0 aromatic heterocycles. The summed E-state index contributed by atoms with van der Waals surface area (Å²) in [5, 5.41) is 0. The van der Waals surface area contributed by atoms with E-state index >= 15 is 0 Å². The summed E-state index contributed by atoms with van der Waals surface area (Å²) in [5.41, 5.74) is -3.98. The van der Waals surface area contributed by atoms with Crippen molar-refractivity contribution in [2.75, 3.05) is 0 Å². The first-order valence-corrected chi connectivity index (χ1v) is 10.3. The molecule has 0 fully saturated rings. The van der Waals surface area contributed by atoms with Gasteiger partial charge >= 0.3 is 6.11 Å². The Balaban J connectivity index is 1.69. The largest absolute Gasteiger partial charge is 0.432 e. The van der Waals surface area contributed by atoms with Crippen molar-refractivity contribution in [1.29, 1.82) is 0 Å². The fourth-order valence-corrected chi connectivity index (χ4v) is 3.64. The number of aryl methyl sites for hydroxylation is 1. The summed E-state index contributed by atoms with van der Waals surface area (Å²) in [6.07, 6.45) is -4.81. The third kappa shape index (κ3) is 4.98. The van der Waals surface area contributed by atoms with Crippen molar-refractivity contribution < 1.29 is 48.6 Å². The van der Waals surface area contributed by atoms with E-state index in [9.17, 15) is 43.9 Å². The molecular formula is C26H12F10O. The molecule has 0 amide bonds. The van der Waals surface area contributed by atoms with Gasteiger partial charge < -0.3 is 4.74 Å². The second-order valence-corrected chi connectivity index (χ2v) is 7.93. The summed E-state index contributed by atoms with van der Waals surface area (Å²) in [5.74, 6) is -14.5. The third-order valence-corrected chi connectivity index (χ3v) is 5.30. The summed E-state index contributed by atoms with van der Waals surface area (Å²) < 4.78 is 146. The van der Waals surface area contributed by atoms with E-state index in [1.807, 2.05) is 0 Å². The van der Waals surface area contributed by atoms with Crippen LogP contribution in [-0.4, -0.2) is 0 Å². The van der Waals surface area contributed by atoms with Gasteiger partial charge in [0, 0.05) is 17.7 Å². The fourth-order valence-electron chi connectivity index (χ4n) is 3.64. The molecule has 0 spiro atoms. The molecule has 0 aliphatic rings. The van der Waals surface area contributed by atoms with E-state index in [1.165, 1.54) is 12.1 Å². The molecular weight excluding hydrogens is 518 g/mol. The molecule has 0 aliphatic heterocycles. The van der Waals surface area contributed by atoms with E-state index in [1.54, 1.807) is 6.92 Å².